The Kier molecular flexibility index (Phi) is 6.31. The normalized spacial score (nSPS) is 10.4. The molecule has 0 radical (unpaired) electrons. The third kappa shape index (κ3) is 5.45. The summed E-state index contributed by atoms with van der Waals surface area (Å²) >= 11 is 11.8. The minimum atomic E-state index is -0.0236. The standard InChI is InChI=1S/C18H19Cl2NO2/c1-12-5-6-13(2)16(10-12)21-18(22)4-3-9-23-17-8-7-14(19)11-15(17)20/h5-8,10-11H,3-4,9H2,1-2H3,(H,21,22). The van der Waals surface area contributed by atoms with Gasteiger partial charge in [0.05, 0.1) is 11.6 Å². The number of aryl methyl sites for hydroxylation is 2. The third-order valence-corrected chi connectivity index (χ3v) is 3.90. The zero-order chi connectivity index (χ0) is 16.8. The molecule has 0 aliphatic rings. The quantitative estimate of drug-likeness (QED) is 0.706. The Hall–Kier alpha value is -1.71. The predicted octanol–water partition coefficient (Wildman–Crippen LogP) is 5.41. The minimum Gasteiger partial charge on any atom is -0.492 e. The highest BCUT2D eigenvalue weighted by molar-refractivity contribution is 6.35. The highest BCUT2D eigenvalue weighted by Gasteiger charge is 2.06. The Bertz CT molecular complexity index is 701. The highest BCUT2D eigenvalue weighted by atomic mass is 35.5. The van der Waals surface area contributed by atoms with Crippen LogP contribution in [0.25, 0.3) is 0 Å². The number of halogens is 2. The van der Waals surface area contributed by atoms with Crippen LogP contribution in [0.15, 0.2) is 36.4 Å². The smallest absolute Gasteiger partial charge is 0.224 e. The number of carbonyl (C=O) groups is 1. The molecule has 0 atom stereocenters. The molecule has 23 heavy (non-hydrogen) atoms. The molecule has 0 aromatic heterocycles. The van der Waals surface area contributed by atoms with Gasteiger partial charge in [0, 0.05) is 17.1 Å². The van der Waals surface area contributed by atoms with Crippen LogP contribution in [-0.2, 0) is 4.79 Å². The van der Waals surface area contributed by atoms with Crippen LogP contribution in [0.1, 0.15) is 24.0 Å². The van der Waals surface area contributed by atoms with E-state index in [0.29, 0.717) is 35.2 Å². The van der Waals surface area contributed by atoms with Gasteiger partial charge in [-0.05, 0) is 55.7 Å². The van der Waals surface area contributed by atoms with E-state index in [0.717, 1.165) is 16.8 Å². The second-order valence-electron chi connectivity index (χ2n) is 5.39. The van der Waals surface area contributed by atoms with Gasteiger partial charge in [-0.15, -0.1) is 0 Å². The van der Waals surface area contributed by atoms with E-state index in [1.807, 2.05) is 32.0 Å². The van der Waals surface area contributed by atoms with Gasteiger partial charge in [-0.1, -0.05) is 35.3 Å². The molecule has 3 nitrogen and oxygen atoms in total. The summed E-state index contributed by atoms with van der Waals surface area (Å²) < 4.78 is 5.56. The third-order valence-electron chi connectivity index (χ3n) is 3.37. The van der Waals surface area contributed by atoms with Crippen LogP contribution in [0.2, 0.25) is 10.0 Å². The lowest BCUT2D eigenvalue weighted by Gasteiger charge is -2.10. The van der Waals surface area contributed by atoms with Gasteiger partial charge in [0.15, 0.2) is 0 Å². The molecule has 122 valence electrons. The number of rotatable bonds is 6. The van der Waals surface area contributed by atoms with Crippen LogP contribution in [0, 0.1) is 13.8 Å². The van der Waals surface area contributed by atoms with Crippen molar-refractivity contribution < 1.29 is 9.53 Å². The fourth-order valence-corrected chi connectivity index (χ4v) is 2.55. The molecule has 0 unspecified atom stereocenters. The molecule has 1 amide bonds. The molecule has 0 heterocycles. The number of nitrogens with one attached hydrogen (secondary N) is 1. The van der Waals surface area contributed by atoms with Crippen LogP contribution in [0.3, 0.4) is 0 Å². The Morgan fingerprint density at radius 2 is 1.91 bits per heavy atom. The predicted molar refractivity (Wildman–Crippen MR) is 95.7 cm³/mol. The van der Waals surface area contributed by atoms with Gasteiger partial charge in [0.25, 0.3) is 0 Å². The molecule has 0 aliphatic heterocycles. The molecule has 0 spiro atoms. The molecule has 2 aromatic rings. The van der Waals surface area contributed by atoms with E-state index in [1.54, 1.807) is 18.2 Å². The summed E-state index contributed by atoms with van der Waals surface area (Å²) in [7, 11) is 0. The first kappa shape index (κ1) is 17.6. The van der Waals surface area contributed by atoms with Crippen molar-refractivity contribution in [3.63, 3.8) is 0 Å². The molecular weight excluding hydrogens is 333 g/mol. The van der Waals surface area contributed by atoms with Crippen LogP contribution in [0.5, 0.6) is 5.75 Å². The summed E-state index contributed by atoms with van der Waals surface area (Å²) in [5, 5.41) is 3.97. The lowest BCUT2D eigenvalue weighted by Crippen LogP contribution is -2.13. The number of anilines is 1. The van der Waals surface area contributed by atoms with Crippen molar-refractivity contribution in [2.24, 2.45) is 0 Å². The molecule has 2 aromatic carbocycles. The maximum absolute atomic E-state index is 12.0. The van der Waals surface area contributed by atoms with E-state index in [4.69, 9.17) is 27.9 Å². The second-order valence-corrected chi connectivity index (χ2v) is 6.24. The van der Waals surface area contributed by atoms with Crippen LogP contribution < -0.4 is 10.1 Å². The summed E-state index contributed by atoms with van der Waals surface area (Å²) in [4.78, 5) is 12.0. The van der Waals surface area contributed by atoms with E-state index in [-0.39, 0.29) is 5.91 Å². The monoisotopic (exact) mass is 351 g/mol. The summed E-state index contributed by atoms with van der Waals surface area (Å²) in [6.07, 6.45) is 0.994. The number of hydrogen-bond acceptors (Lipinski definition) is 2. The fourth-order valence-electron chi connectivity index (χ4n) is 2.09. The highest BCUT2D eigenvalue weighted by Crippen LogP contribution is 2.27. The van der Waals surface area contributed by atoms with Crippen LogP contribution in [0.4, 0.5) is 5.69 Å². The average molecular weight is 352 g/mol. The molecule has 0 fully saturated rings. The minimum absolute atomic E-state index is 0.0236. The van der Waals surface area contributed by atoms with Gasteiger partial charge in [0.2, 0.25) is 5.91 Å². The summed E-state index contributed by atoms with van der Waals surface area (Å²) in [6, 6.07) is 11.1. The number of benzene rings is 2. The topological polar surface area (TPSA) is 38.3 Å². The van der Waals surface area contributed by atoms with Crippen molar-refractivity contribution in [3.05, 3.63) is 57.6 Å². The number of amides is 1. The summed E-state index contributed by atoms with van der Waals surface area (Å²) in [5.41, 5.74) is 3.02. The van der Waals surface area contributed by atoms with Crippen LogP contribution >= 0.6 is 23.2 Å². The Morgan fingerprint density at radius 1 is 1.13 bits per heavy atom. The van der Waals surface area contributed by atoms with Crippen molar-refractivity contribution >= 4 is 34.8 Å². The number of carbonyl (C=O) groups excluding carboxylic acids is 1. The largest absolute Gasteiger partial charge is 0.492 e. The molecule has 0 bridgehead atoms. The van der Waals surface area contributed by atoms with Gasteiger partial charge >= 0.3 is 0 Å². The van der Waals surface area contributed by atoms with Gasteiger partial charge in [-0.25, -0.2) is 0 Å². The van der Waals surface area contributed by atoms with Gasteiger partial charge in [-0.2, -0.15) is 0 Å². The number of hydrogen-bond donors (Lipinski definition) is 1. The van der Waals surface area contributed by atoms with Crippen molar-refractivity contribution in [2.75, 3.05) is 11.9 Å². The fraction of sp³-hybridized carbons (Fsp3) is 0.278. The maximum atomic E-state index is 12.0. The first-order valence-corrected chi connectivity index (χ1v) is 8.16. The zero-order valence-corrected chi connectivity index (χ0v) is 14.7. The van der Waals surface area contributed by atoms with E-state index >= 15 is 0 Å². The Balaban J connectivity index is 1.77. The van der Waals surface area contributed by atoms with Gasteiger partial charge < -0.3 is 10.1 Å². The Morgan fingerprint density at radius 3 is 2.65 bits per heavy atom. The lowest BCUT2D eigenvalue weighted by atomic mass is 10.1. The first-order chi connectivity index (χ1) is 11.0. The average Bonchev–Trinajstić information content (AvgIpc) is 2.49. The van der Waals surface area contributed by atoms with Crippen molar-refractivity contribution in [3.8, 4) is 5.75 Å². The molecular formula is C18H19Cl2NO2. The van der Waals surface area contributed by atoms with E-state index in [9.17, 15) is 4.79 Å². The molecule has 1 N–H and O–H groups in total. The number of ether oxygens (including phenoxy) is 1. The molecule has 0 aliphatic carbocycles. The van der Waals surface area contributed by atoms with Crippen molar-refractivity contribution in [1.29, 1.82) is 0 Å². The van der Waals surface area contributed by atoms with Crippen LogP contribution in [-0.4, -0.2) is 12.5 Å². The van der Waals surface area contributed by atoms with E-state index < -0.39 is 0 Å². The molecule has 2 rings (SSSR count). The summed E-state index contributed by atoms with van der Waals surface area (Å²) in [5.74, 6) is 0.551. The molecule has 0 saturated carbocycles. The zero-order valence-electron chi connectivity index (χ0n) is 13.2. The van der Waals surface area contributed by atoms with E-state index in [2.05, 4.69) is 5.32 Å². The first-order valence-electron chi connectivity index (χ1n) is 7.40. The molecule has 5 heteroatoms. The SMILES string of the molecule is Cc1ccc(C)c(NC(=O)CCCOc2ccc(Cl)cc2Cl)c1. The molecule has 0 saturated heterocycles. The second kappa shape index (κ2) is 8.23. The van der Waals surface area contributed by atoms with Gasteiger partial charge in [-0.3, -0.25) is 4.79 Å². The van der Waals surface area contributed by atoms with Crippen molar-refractivity contribution in [2.45, 2.75) is 26.7 Å². The summed E-state index contributed by atoms with van der Waals surface area (Å²) in [6.45, 7) is 4.39. The Labute approximate surface area is 146 Å². The maximum Gasteiger partial charge on any atom is 0.224 e. The van der Waals surface area contributed by atoms with Crippen molar-refractivity contribution in [1.82, 2.24) is 0 Å². The lowest BCUT2D eigenvalue weighted by molar-refractivity contribution is -0.116. The van der Waals surface area contributed by atoms with Gasteiger partial charge in [0.1, 0.15) is 5.75 Å². The van der Waals surface area contributed by atoms with E-state index in [1.165, 1.54) is 0 Å².